The first-order valence-corrected chi connectivity index (χ1v) is 6.24. The van der Waals surface area contributed by atoms with Crippen LogP contribution in [0.3, 0.4) is 0 Å². The monoisotopic (exact) mass is 228 g/mol. The number of hydrogen-bond donors (Lipinski definition) is 1. The third kappa shape index (κ3) is 3.76. The van der Waals surface area contributed by atoms with Crippen molar-refractivity contribution in [2.24, 2.45) is 0 Å². The summed E-state index contributed by atoms with van der Waals surface area (Å²) in [6, 6.07) is 0.276. The number of nitrogens with zero attached hydrogens (tertiary/aromatic N) is 1. The van der Waals surface area contributed by atoms with Crippen LogP contribution in [-0.4, -0.2) is 49.7 Å². The molecule has 1 heterocycles. The quantitative estimate of drug-likeness (QED) is 0.714. The van der Waals surface area contributed by atoms with Crippen LogP contribution in [0.5, 0.6) is 0 Å². The largest absolute Gasteiger partial charge is 0.375 e. The number of rotatable bonds is 5. The highest BCUT2D eigenvalue weighted by Crippen LogP contribution is 2.15. The van der Waals surface area contributed by atoms with Gasteiger partial charge >= 0.3 is 0 Å². The Kier molecular flexibility index (Phi) is 5.77. The Bertz CT molecular complexity index is 221. The standard InChI is InChI=1S/C12H24N2O2/c1-4-11-9-16-10(2)8-14(11)12(15)6-5-7-13-3/h10-11,13H,4-9H2,1-3H3. The zero-order valence-electron chi connectivity index (χ0n) is 10.7. The summed E-state index contributed by atoms with van der Waals surface area (Å²) >= 11 is 0. The number of carbonyl (C=O) groups is 1. The Morgan fingerprint density at radius 3 is 2.94 bits per heavy atom. The maximum absolute atomic E-state index is 12.0. The van der Waals surface area contributed by atoms with Gasteiger partial charge in [-0.25, -0.2) is 0 Å². The Morgan fingerprint density at radius 1 is 1.56 bits per heavy atom. The second-order valence-electron chi connectivity index (χ2n) is 4.46. The van der Waals surface area contributed by atoms with Crippen molar-refractivity contribution in [3.05, 3.63) is 0 Å². The molecule has 1 fully saturated rings. The number of amides is 1. The van der Waals surface area contributed by atoms with E-state index in [0.29, 0.717) is 13.0 Å². The normalized spacial score (nSPS) is 25.8. The molecule has 0 aromatic rings. The smallest absolute Gasteiger partial charge is 0.223 e. The van der Waals surface area contributed by atoms with E-state index in [1.165, 1.54) is 0 Å². The minimum absolute atomic E-state index is 0.177. The maximum Gasteiger partial charge on any atom is 0.223 e. The average Bonchev–Trinajstić information content (AvgIpc) is 2.29. The molecule has 0 aliphatic carbocycles. The first-order valence-electron chi connectivity index (χ1n) is 6.24. The molecule has 0 saturated carbocycles. The van der Waals surface area contributed by atoms with E-state index in [2.05, 4.69) is 12.2 Å². The summed E-state index contributed by atoms with van der Waals surface area (Å²) in [7, 11) is 1.91. The zero-order chi connectivity index (χ0) is 12.0. The molecule has 0 radical (unpaired) electrons. The third-order valence-electron chi connectivity index (χ3n) is 3.08. The van der Waals surface area contributed by atoms with E-state index in [0.717, 1.165) is 25.9 Å². The molecule has 0 bridgehead atoms. The Morgan fingerprint density at radius 2 is 2.31 bits per heavy atom. The predicted octanol–water partition coefficient (Wildman–Crippen LogP) is 1.01. The van der Waals surface area contributed by atoms with Gasteiger partial charge in [-0.05, 0) is 33.4 Å². The van der Waals surface area contributed by atoms with E-state index in [9.17, 15) is 4.79 Å². The van der Waals surface area contributed by atoms with Crippen LogP contribution in [0.4, 0.5) is 0 Å². The van der Waals surface area contributed by atoms with Gasteiger partial charge in [0.2, 0.25) is 5.91 Å². The van der Waals surface area contributed by atoms with Crippen LogP contribution in [0.1, 0.15) is 33.1 Å². The van der Waals surface area contributed by atoms with Crippen molar-refractivity contribution in [1.29, 1.82) is 0 Å². The van der Waals surface area contributed by atoms with Crippen molar-refractivity contribution in [3.8, 4) is 0 Å². The number of ether oxygens (including phenoxy) is 1. The molecule has 4 nitrogen and oxygen atoms in total. The van der Waals surface area contributed by atoms with E-state index in [4.69, 9.17) is 4.74 Å². The van der Waals surface area contributed by atoms with E-state index in [1.54, 1.807) is 0 Å². The fourth-order valence-electron chi connectivity index (χ4n) is 2.05. The maximum atomic E-state index is 12.0. The van der Waals surface area contributed by atoms with Gasteiger partial charge in [0, 0.05) is 13.0 Å². The van der Waals surface area contributed by atoms with Crippen LogP contribution >= 0.6 is 0 Å². The fourth-order valence-corrected chi connectivity index (χ4v) is 2.05. The topological polar surface area (TPSA) is 41.6 Å². The summed E-state index contributed by atoms with van der Waals surface area (Å²) in [6.07, 6.45) is 2.71. The molecule has 1 saturated heterocycles. The second-order valence-corrected chi connectivity index (χ2v) is 4.46. The first-order chi connectivity index (χ1) is 7.69. The van der Waals surface area contributed by atoms with Gasteiger partial charge in [0.25, 0.3) is 0 Å². The van der Waals surface area contributed by atoms with Gasteiger partial charge < -0.3 is 15.0 Å². The molecule has 4 heteroatoms. The van der Waals surface area contributed by atoms with Crippen molar-refractivity contribution in [2.75, 3.05) is 26.7 Å². The molecule has 1 aliphatic heterocycles. The first kappa shape index (κ1) is 13.5. The van der Waals surface area contributed by atoms with E-state index >= 15 is 0 Å². The second kappa shape index (κ2) is 6.86. The molecular weight excluding hydrogens is 204 g/mol. The molecule has 1 rings (SSSR count). The number of carbonyl (C=O) groups excluding carboxylic acids is 1. The van der Waals surface area contributed by atoms with Crippen molar-refractivity contribution < 1.29 is 9.53 Å². The molecule has 2 unspecified atom stereocenters. The SMILES string of the molecule is CCC1COC(C)CN1C(=O)CCCNC. The summed E-state index contributed by atoms with van der Waals surface area (Å²) in [5, 5.41) is 3.06. The molecule has 0 aromatic heterocycles. The van der Waals surface area contributed by atoms with E-state index in [-0.39, 0.29) is 18.1 Å². The predicted molar refractivity (Wildman–Crippen MR) is 64.4 cm³/mol. The Balaban J connectivity index is 2.43. The van der Waals surface area contributed by atoms with Gasteiger partial charge in [0.15, 0.2) is 0 Å². The molecular formula is C12H24N2O2. The average molecular weight is 228 g/mol. The van der Waals surface area contributed by atoms with Gasteiger partial charge in [-0.2, -0.15) is 0 Å². The molecule has 0 spiro atoms. The number of morpholine rings is 1. The molecule has 2 atom stereocenters. The van der Waals surface area contributed by atoms with Gasteiger partial charge in [-0.3, -0.25) is 4.79 Å². The van der Waals surface area contributed by atoms with Gasteiger partial charge in [-0.15, -0.1) is 0 Å². The lowest BCUT2D eigenvalue weighted by Gasteiger charge is -2.38. The highest BCUT2D eigenvalue weighted by molar-refractivity contribution is 5.76. The highest BCUT2D eigenvalue weighted by atomic mass is 16.5. The van der Waals surface area contributed by atoms with Crippen LogP contribution in [0.25, 0.3) is 0 Å². The Labute approximate surface area is 98.3 Å². The van der Waals surface area contributed by atoms with Crippen molar-refractivity contribution in [1.82, 2.24) is 10.2 Å². The molecule has 1 aliphatic rings. The number of hydrogen-bond acceptors (Lipinski definition) is 3. The third-order valence-corrected chi connectivity index (χ3v) is 3.08. The minimum Gasteiger partial charge on any atom is -0.375 e. The lowest BCUT2D eigenvalue weighted by molar-refractivity contribution is -0.144. The Hall–Kier alpha value is -0.610. The van der Waals surface area contributed by atoms with E-state index < -0.39 is 0 Å². The van der Waals surface area contributed by atoms with Crippen LogP contribution in [0.2, 0.25) is 0 Å². The lowest BCUT2D eigenvalue weighted by Crippen LogP contribution is -2.51. The fraction of sp³-hybridized carbons (Fsp3) is 0.917. The van der Waals surface area contributed by atoms with Crippen LogP contribution < -0.4 is 5.32 Å². The summed E-state index contributed by atoms with van der Waals surface area (Å²) < 4.78 is 5.58. The molecule has 1 N–H and O–H groups in total. The molecule has 1 amide bonds. The summed E-state index contributed by atoms with van der Waals surface area (Å²) in [4.78, 5) is 14.0. The summed E-state index contributed by atoms with van der Waals surface area (Å²) in [5.41, 5.74) is 0. The van der Waals surface area contributed by atoms with Gasteiger partial charge in [0.05, 0.1) is 18.8 Å². The van der Waals surface area contributed by atoms with Crippen molar-refractivity contribution in [3.63, 3.8) is 0 Å². The van der Waals surface area contributed by atoms with Crippen LogP contribution in [-0.2, 0) is 9.53 Å². The number of nitrogens with one attached hydrogen (secondary N) is 1. The van der Waals surface area contributed by atoms with Crippen LogP contribution in [0, 0.1) is 0 Å². The minimum atomic E-state index is 0.177. The molecule has 16 heavy (non-hydrogen) atoms. The van der Waals surface area contributed by atoms with Crippen LogP contribution in [0.15, 0.2) is 0 Å². The summed E-state index contributed by atoms with van der Waals surface area (Å²) in [6.45, 7) is 6.48. The summed E-state index contributed by atoms with van der Waals surface area (Å²) in [5.74, 6) is 0.275. The zero-order valence-corrected chi connectivity index (χ0v) is 10.7. The lowest BCUT2D eigenvalue weighted by atomic mass is 10.1. The van der Waals surface area contributed by atoms with Gasteiger partial charge in [-0.1, -0.05) is 6.92 Å². The molecule has 0 aromatic carbocycles. The van der Waals surface area contributed by atoms with E-state index in [1.807, 2.05) is 18.9 Å². The van der Waals surface area contributed by atoms with Gasteiger partial charge in [0.1, 0.15) is 0 Å². The highest BCUT2D eigenvalue weighted by Gasteiger charge is 2.28. The molecule has 94 valence electrons. The van der Waals surface area contributed by atoms with Crippen molar-refractivity contribution >= 4 is 5.91 Å². The van der Waals surface area contributed by atoms with Crippen molar-refractivity contribution in [2.45, 2.75) is 45.3 Å².